The summed E-state index contributed by atoms with van der Waals surface area (Å²) < 4.78 is 59.7. The second kappa shape index (κ2) is 7.31. The summed E-state index contributed by atoms with van der Waals surface area (Å²) in [4.78, 5) is 11.1. The van der Waals surface area contributed by atoms with Crippen LogP contribution in [-0.2, 0) is 6.18 Å². The van der Waals surface area contributed by atoms with Gasteiger partial charge in [-0.25, -0.2) is 14.4 Å². The first-order valence-corrected chi connectivity index (χ1v) is 8.95. The van der Waals surface area contributed by atoms with Crippen molar-refractivity contribution in [2.75, 3.05) is 5.73 Å². The molecule has 29 heavy (non-hydrogen) atoms. The van der Waals surface area contributed by atoms with Crippen LogP contribution in [0.5, 0.6) is 11.8 Å². The molecule has 2 N–H and O–H groups in total. The van der Waals surface area contributed by atoms with Crippen LogP contribution in [0.4, 0.5) is 23.4 Å². The number of ether oxygens (including phenoxy) is 1. The third-order valence-electron chi connectivity index (χ3n) is 4.89. The number of rotatable bonds is 4. The molecule has 1 aromatic carbocycles. The first kappa shape index (κ1) is 19.1. The zero-order valence-corrected chi connectivity index (χ0v) is 15.1. The van der Waals surface area contributed by atoms with E-state index < -0.39 is 23.7 Å². The summed E-state index contributed by atoms with van der Waals surface area (Å²) in [5.41, 5.74) is 5.66. The zero-order valence-electron chi connectivity index (χ0n) is 15.1. The molecule has 0 aliphatic heterocycles. The minimum Gasteiger partial charge on any atom is -0.421 e. The van der Waals surface area contributed by atoms with Gasteiger partial charge in [0.2, 0.25) is 0 Å². The molecule has 150 valence electrons. The molecule has 1 aliphatic carbocycles. The predicted molar refractivity (Wildman–Crippen MR) is 97.7 cm³/mol. The van der Waals surface area contributed by atoms with E-state index in [9.17, 15) is 13.2 Å². The third kappa shape index (κ3) is 3.85. The lowest BCUT2D eigenvalue weighted by atomic mass is 9.79. The first-order valence-electron chi connectivity index (χ1n) is 8.95. The molecular formula is C20H16F4N4O. The Balaban J connectivity index is 1.78. The maximum Gasteiger partial charge on any atom is 0.433 e. The van der Waals surface area contributed by atoms with Crippen molar-refractivity contribution < 1.29 is 22.3 Å². The topological polar surface area (TPSA) is 73.9 Å². The molecular weight excluding hydrogens is 388 g/mol. The van der Waals surface area contributed by atoms with Crippen molar-refractivity contribution in [2.24, 2.45) is 0 Å². The van der Waals surface area contributed by atoms with Crippen LogP contribution in [0, 0.1) is 5.82 Å². The summed E-state index contributed by atoms with van der Waals surface area (Å²) in [5, 5.41) is 0. The standard InChI is InChI=1S/C20H16F4N4O/c21-17-13(12-4-7-16(25)27-10-12)5-6-14(11-2-1-3-11)18(17)29-19-26-9-8-15(28-19)20(22,23)24/h4-11H,1-3H2,(H2,25,27). The Kier molecular flexibility index (Phi) is 4.81. The molecule has 9 heteroatoms. The fourth-order valence-corrected chi connectivity index (χ4v) is 3.14. The quantitative estimate of drug-likeness (QED) is 0.595. The van der Waals surface area contributed by atoms with Crippen LogP contribution in [0.2, 0.25) is 0 Å². The number of nitrogens with two attached hydrogens (primary N) is 1. The van der Waals surface area contributed by atoms with Crippen molar-refractivity contribution in [3.05, 3.63) is 59.8 Å². The van der Waals surface area contributed by atoms with E-state index in [2.05, 4.69) is 15.0 Å². The summed E-state index contributed by atoms with van der Waals surface area (Å²) in [6.07, 6.45) is 0.383. The molecule has 2 heterocycles. The monoisotopic (exact) mass is 404 g/mol. The molecule has 0 unspecified atom stereocenters. The van der Waals surface area contributed by atoms with E-state index in [1.54, 1.807) is 18.2 Å². The minimum absolute atomic E-state index is 0.0730. The third-order valence-corrected chi connectivity index (χ3v) is 4.89. The number of nitrogen functional groups attached to an aromatic ring is 1. The number of hydrogen-bond donors (Lipinski definition) is 1. The van der Waals surface area contributed by atoms with E-state index in [-0.39, 0.29) is 23.0 Å². The van der Waals surface area contributed by atoms with Gasteiger partial charge in [-0.15, -0.1) is 0 Å². The zero-order chi connectivity index (χ0) is 20.6. The molecule has 0 saturated heterocycles. The van der Waals surface area contributed by atoms with Crippen molar-refractivity contribution in [1.82, 2.24) is 15.0 Å². The van der Waals surface area contributed by atoms with E-state index in [4.69, 9.17) is 10.5 Å². The van der Waals surface area contributed by atoms with Crippen LogP contribution in [0.25, 0.3) is 11.1 Å². The molecule has 0 radical (unpaired) electrons. The van der Waals surface area contributed by atoms with Gasteiger partial charge in [0.15, 0.2) is 17.3 Å². The molecule has 3 aromatic rings. The van der Waals surface area contributed by atoms with Crippen molar-refractivity contribution in [2.45, 2.75) is 31.4 Å². The SMILES string of the molecule is Nc1ccc(-c2ccc(C3CCC3)c(Oc3nccc(C(F)(F)F)n3)c2F)cn1. The van der Waals surface area contributed by atoms with Gasteiger partial charge in [-0.2, -0.15) is 18.2 Å². The highest BCUT2D eigenvalue weighted by molar-refractivity contribution is 5.67. The van der Waals surface area contributed by atoms with Crippen LogP contribution < -0.4 is 10.5 Å². The Labute approximate surface area is 163 Å². The number of aromatic nitrogens is 3. The number of halogens is 4. The second-order valence-corrected chi connectivity index (χ2v) is 6.77. The second-order valence-electron chi connectivity index (χ2n) is 6.77. The molecule has 0 amide bonds. The molecule has 5 nitrogen and oxygen atoms in total. The number of hydrogen-bond acceptors (Lipinski definition) is 5. The fraction of sp³-hybridized carbons (Fsp3) is 0.250. The predicted octanol–water partition coefficient (Wildman–Crippen LogP) is 5.34. The van der Waals surface area contributed by atoms with Gasteiger partial charge >= 0.3 is 12.2 Å². The lowest BCUT2D eigenvalue weighted by Gasteiger charge is -2.28. The fourth-order valence-electron chi connectivity index (χ4n) is 3.14. The molecule has 1 aliphatic rings. The normalized spacial score (nSPS) is 14.5. The van der Waals surface area contributed by atoms with Crippen LogP contribution in [0.15, 0.2) is 42.7 Å². The van der Waals surface area contributed by atoms with Crippen LogP contribution in [-0.4, -0.2) is 15.0 Å². The summed E-state index contributed by atoms with van der Waals surface area (Å²) in [5.74, 6) is -0.511. The number of pyridine rings is 1. The van der Waals surface area contributed by atoms with Gasteiger partial charge in [0.25, 0.3) is 0 Å². The van der Waals surface area contributed by atoms with Gasteiger partial charge in [0.05, 0.1) is 0 Å². The van der Waals surface area contributed by atoms with E-state index in [1.807, 2.05) is 0 Å². The lowest BCUT2D eigenvalue weighted by molar-refractivity contribution is -0.141. The number of nitrogens with zero attached hydrogens (tertiary/aromatic N) is 3. The van der Waals surface area contributed by atoms with Crippen LogP contribution in [0.1, 0.15) is 36.4 Å². The van der Waals surface area contributed by atoms with Crippen molar-refractivity contribution in [3.63, 3.8) is 0 Å². The smallest absolute Gasteiger partial charge is 0.421 e. The molecule has 0 bridgehead atoms. The van der Waals surface area contributed by atoms with E-state index in [1.165, 1.54) is 12.3 Å². The number of benzene rings is 1. The first-order chi connectivity index (χ1) is 13.8. The van der Waals surface area contributed by atoms with Gasteiger partial charge in [-0.05, 0) is 37.0 Å². The molecule has 0 spiro atoms. The summed E-state index contributed by atoms with van der Waals surface area (Å²) in [6, 6.07) is 6.63. The van der Waals surface area contributed by atoms with Gasteiger partial charge < -0.3 is 10.5 Å². The van der Waals surface area contributed by atoms with Gasteiger partial charge in [0.1, 0.15) is 5.82 Å². The van der Waals surface area contributed by atoms with Crippen molar-refractivity contribution in [3.8, 4) is 22.9 Å². The van der Waals surface area contributed by atoms with Crippen LogP contribution >= 0.6 is 0 Å². The highest BCUT2D eigenvalue weighted by atomic mass is 19.4. The summed E-state index contributed by atoms with van der Waals surface area (Å²) >= 11 is 0. The van der Waals surface area contributed by atoms with Gasteiger partial charge in [0, 0.05) is 29.1 Å². The summed E-state index contributed by atoms with van der Waals surface area (Å²) in [6.45, 7) is 0. The Hall–Kier alpha value is -3.23. The maximum absolute atomic E-state index is 15.4. The highest BCUT2D eigenvalue weighted by Crippen LogP contribution is 2.45. The average Bonchev–Trinajstić information content (AvgIpc) is 2.64. The summed E-state index contributed by atoms with van der Waals surface area (Å²) in [7, 11) is 0. The highest BCUT2D eigenvalue weighted by Gasteiger charge is 2.33. The van der Waals surface area contributed by atoms with Crippen molar-refractivity contribution in [1.29, 1.82) is 0 Å². The molecule has 1 fully saturated rings. The van der Waals surface area contributed by atoms with E-state index in [0.29, 0.717) is 11.1 Å². The Morgan fingerprint density at radius 1 is 1.03 bits per heavy atom. The lowest BCUT2D eigenvalue weighted by Crippen LogP contribution is -2.12. The van der Waals surface area contributed by atoms with Crippen LogP contribution in [0.3, 0.4) is 0 Å². The Bertz CT molecular complexity index is 1030. The van der Waals surface area contributed by atoms with Crippen molar-refractivity contribution >= 4 is 5.82 Å². The molecule has 0 atom stereocenters. The molecule has 1 saturated carbocycles. The van der Waals surface area contributed by atoms with Gasteiger partial charge in [-0.3, -0.25) is 0 Å². The number of alkyl halides is 3. The minimum atomic E-state index is -4.66. The molecule has 2 aromatic heterocycles. The van der Waals surface area contributed by atoms with Gasteiger partial charge in [-0.1, -0.05) is 18.6 Å². The molecule has 4 rings (SSSR count). The Morgan fingerprint density at radius 3 is 2.45 bits per heavy atom. The largest absolute Gasteiger partial charge is 0.433 e. The Morgan fingerprint density at radius 2 is 1.83 bits per heavy atom. The maximum atomic E-state index is 15.4. The average molecular weight is 404 g/mol. The van der Waals surface area contributed by atoms with E-state index >= 15 is 4.39 Å². The van der Waals surface area contributed by atoms with E-state index in [0.717, 1.165) is 31.5 Å². The number of anilines is 1.